The fourth-order valence-corrected chi connectivity index (χ4v) is 4.82. The first kappa shape index (κ1) is 25.5. The van der Waals surface area contributed by atoms with Crippen LogP contribution < -0.4 is 16.2 Å². The lowest BCUT2D eigenvalue weighted by atomic mass is 9.90. The summed E-state index contributed by atoms with van der Waals surface area (Å²) in [4.78, 5) is 22.2. The Morgan fingerprint density at radius 3 is 2.55 bits per heavy atom. The minimum Gasteiger partial charge on any atom is -0.324 e. The average molecular weight is 518 g/mol. The molecule has 0 saturated carbocycles. The van der Waals surface area contributed by atoms with Crippen molar-refractivity contribution in [1.82, 2.24) is 19.9 Å². The van der Waals surface area contributed by atoms with Crippen LogP contribution in [-0.2, 0) is 12.7 Å². The third kappa shape index (κ3) is 5.41. The molecule has 2 aromatic carbocycles. The molecule has 3 heterocycles. The summed E-state index contributed by atoms with van der Waals surface area (Å²) in [7, 11) is 0. The molecule has 0 atom stereocenters. The van der Waals surface area contributed by atoms with Crippen LogP contribution in [0.5, 0.6) is 0 Å². The van der Waals surface area contributed by atoms with Gasteiger partial charge >= 0.3 is 6.18 Å². The molecule has 194 valence electrons. The van der Waals surface area contributed by atoms with Crippen LogP contribution in [0.1, 0.15) is 47.9 Å². The second-order valence-corrected chi connectivity index (χ2v) is 9.22. The molecule has 0 amide bonds. The average Bonchev–Trinajstić information content (AvgIpc) is 2.92. The first-order valence-electron chi connectivity index (χ1n) is 12.4. The highest BCUT2D eigenvalue weighted by Crippen LogP contribution is 2.32. The van der Waals surface area contributed by atoms with Crippen LogP contribution in [0.3, 0.4) is 0 Å². The van der Waals surface area contributed by atoms with Crippen LogP contribution in [0.25, 0.3) is 11.0 Å². The van der Waals surface area contributed by atoms with Crippen molar-refractivity contribution >= 4 is 22.7 Å². The number of aromatic nitrogens is 3. The summed E-state index contributed by atoms with van der Waals surface area (Å²) < 4.78 is 42.2. The van der Waals surface area contributed by atoms with Crippen LogP contribution >= 0.6 is 0 Å². The number of benzene rings is 2. The number of hydrogen-bond donors (Lipinski definition) is 2. The van der Waals surface area contributed by atoms with Crippen molar-refractivity contribution < 1.29 is 13.2 Å². The molecular weight excluding hydrogens is 491 g/mol. The van der Waals surface area contributed by atoms with E-state index in [0.717, 1.165) is 37.7 Å². The molecule has 0 aliphatic carbocycles. The summed E-state index contributed by atoms with van der Waals surface area (Å²) in [5.41, 5.74) is 1.09. The number of pyridine rings is 1. The van der Waals surface area contributed by atoms with Gasteiger partial charge in [-0.25, -0.2) is 4.98 Å². The summed E-state index contributed by atoms with van der Waals surface area (Å²) in [6.07, 6.45) is -0.820. The van der Waals surface area contributed by atoms with Crippen molar-refractivity contribution in [3.05, 3.63) is 93.4 Å². The van der Waals surface area contributed by atoms with Gasteiger partial charge in [0, 0.05) is 17.3 Å². The zero-order valence-corrected chi connectivity index (χ0v) is 20.8. The molecule has 0 unspecified atom stereocenters. The van der Waals surface area contributed by atoms with Gasteiger partial charge in [-0.3, -0.25) is 9.36 Å². The number of fused-ring (bicyclic) bond motifs is 1. The molecule has 2 aromatic heterocycles. The third-order valence-corrected chi connectivity index (χ3v) is 6.72. The number of rotatable bonds is 5. The molecule has 6 nitrogen and oxygen atoms in total. The summed E-state index contributed by atoms with van der Waals surface area (Å²) in [5.74, 6) is 6.19. The van der Waals surface area contributed by atoms with E-state index < -0.39 is 17.3 Å². The minimum atomic E-state index is -4.56. The number of nitrogens with zero attached hydrogens (tertiary/aromatic N) is 3. The van der Waals surface area contributed by atoms with Gasteiger partial charge in [0.1, 0.15) is 5.65 Å². The maximum Gasteiger partial charge on any atom is 0.416 e. The number of alkyl halides is 3. The Bertz CT molecular complexity index is 1580. The van der Waals surface area contributed by atoms with Crippen molar-refractivity contribution in [3.63, 3.8) is 0 Å². The van der Waals surface area contributed by atoms with Crippen molar-refractivity contribution in [3.8, 4) is 11.8 Å². The van der Waals surface area contributed by atoms with Crippen LogP contribution in [0.15, 0.2) is 65.6 Å². The summed E-state index contributed by atoms with van der Waals surface area (Å²) in [5, 5.41) is 7.02. The van der Waals surface area contributed by atoms with Gasteiger partial charge in [-0.1, -0.05) is 36.3 Å². The Balaban J connectivity index is 1.52. The molecule has 0 spiro atoms. The second-order valence-electron chi connectivity index (χ2n) is 9.22. The Hall–Kier alpha value is -4.16. The van der Waals surface area contributed by atoms with Gasteiger partial charge in [-0.2, -0.15) is 18.2 Å². The monoisotopic (exact) mass is 517 g/mol. The van der Waals surface area contributed by atoms with Gasteiger partial charge in [0.2, 0.25) is 5.95 Å². The Labute approximate surface area is 217 Å². The number of hydrogen-bond acceptors (Lipinski definition) is 5. The van der Waals surface area contributed by atoms with E-state index in [-0.39, 0.29) is 29.3 Å². The zero-order valence-electron chi connectivity index (χ0n) is 20.8. The van der Waals surface area contributed by atoms with Crippen LogP contribution in [0, 0.1) is 11.8 Å². The second kappa shape index (κ2) is 10.7. The maximum absolute atomic E-state index is 13.7. The highest BCUT2D eigenvalue weighted by molar-refractivity contribution is 5.77. The quantitative estimate of drug-likeness (QED) is 0.345. The molecule has 5 rings (SSSR count). The van der Waals surface area contributed by atoms with E-state index >= 15 is 0 Å². The maximum atomic E-state index is 13.7. The van der Waals surface area contributed by atoms with Crippen LogP contribution in [0.4, 0.5) is 24.8 Å². The van der Waals surface area contributed by atoms with Crippen molar-refractivity contribution in [2.24, 2.45) is 0 Å². The molecule has 2 N–H and O–H groups in total. The minimum absolute atomic E-state index is 0.0355. The summed E-state index contributed by atoms with van der Waals surface area (Å²) in [6.45, 7) is 3.30. The SMILES string of the molecule is CC#Cc1cc2cnc(Nc3ccc(C4CCNCC4)cc3)nc2n(Cc2ccccc2C(F)(F)F)c1=O. The van der Waals surface area contributed by atoms with E-state index in [1.54, 1.807) is 19.2 Å². The van der Waals surface area contributed by atoms with E-state index in [0.29, 0.717) is 11.3 Å². The zero-order chi connectivity index (χ0) is 26.7. The predicted octanol–water partition coefficient (Wildman–Crippen LogP) is 5.44. The smallest absolute Gasteiger partial charge is 0.324 e. The molecular formula is C29H26F3N5O. The van der Waals surface area contributed by atoms with Gasteiger partial charge in [0.25, 0.3) is 5.56 Å². The van der Waals surface area contributed by atoms with Crippen molar-refractivity contribution in [2.45, 2.75) is 38.4 Å². The Kier molecular flexibility index (Phi) is 7.16. The van der Waals surface area contributed by atoms with E-state index in [1.807, 2.05) is 12.1 Å². The van der Waals surface area contributed by atoms with Gasteiger partial charge in [-0.05, 0) is 74.2 Å². The molecule has 1 saturated heterocycles. The molecule has 9 heteroatoms. The number of nitrogens with one attached hydrogen (secondary N) is 2. The molecule has 0 radical (unpaired) electrons. The van der Waals surface area contributed by atoms with Gasteiger partial charge < -0.3 is 10.6 Å². The third-order valence-electron chi connectivity index (χ3n) is 6.72. The fourth-order valence-electron chi connectivity index (χ4n) is 4.82. The topological polar surface area (TPSA) is 71.8 Å². The number of piperidine rings is 1. The first-order valence-corrected chi connectivity index (χ1v) is 12.4. The lowest BCUT2D eigenvalue weighted by Crippen LogP contribution is -2.26. The van der Waals surface area contributed by atoms with Crippen LogP contribution in [-0.4, -0.2) is 27.6 Å². The van der Waals surface area contributed by atoms with E-state index in [4.69, 9.17) is 0 Å². The van der Waals surface area contributed by atoms with Crippen molar-refractivity contribution in [2.75, 3.05) is 18.4 Å². The molecule has 38 heavy (non-hydrogen) atoms. The summed E-state index contributed by atoms with van der Waals surface area (Å²) in [6, 6.07) is 14.9. The Morgan fingerprint density at radius 1 is 1.11 bits per heavy atom. The Morgan fingerprint density at radius 2 is 1.84 bits per heavy atom. The fraction of sp³-hybridized carbons (Fsp3) is 0.276. The molecule has 1 aliphatic heterocycles. The van der Waals surface area contributed by atoms with Crippen LogP contribution in [0.2, 0.25) is 0 Å². The largest absolute Gasteiger partial charge is 0.416 e. The number of anilines is 2. The van der Waals surface area contributed by atoms with Gasteiger partial charge in [-0.15, -0.1) is 5.92 Å². The highest BCUT2D eigenvalue weighted by atomic mass is 19.4. The normalized spacial score (nSPS) is 14.2. The molecule has 4 aromatic rings. The molecule has 1 aliphatic rings. The number of halogens is 3. The van der Waals surface area contributed by atoms with E-state index in [1.165, 1.54) is 28.3 Å². The lowest BCUT2D eigenvalue weighted by Gasteiger charge is -2.23. The van der Waals surface area contributed by atoms with E-state index in [2.05, 4.69) is 44.6 Å². The lowest BCUT2D eigenvalue weighted by molar-refractivity contribution is -0.138. The van der Waals surface area contributed by atoms with Gasteiger partial charge in [0.05, 0.1) is 17.7 Å². The molecule has 1 fully saturated rings. The first-order chi connectivity index (χ1) is 18.3. The predicted molar refractivity (Wildman–Crippen MR) is 141 cm³/mol. The van der Waals surface area contributed by atoms with Crippen molar-refractivity contribution in [1.29, 1.82) is 0 Å². The highest BCUT2D eigenvalue weighted by Gasteiger charge is 2.33. The van der Waals surface area contributed by atoms with E-state index in [9.17, 15) is 18.0 Å². The molecule has 0 bridgehead atoms. The standard InChI is InChI=1S/C29H26F3N5O/c1-2-5-21-16-23-17-34-28(35-24-10-8-19(9-11-24)20-12-14-33-15-13-20)36-26(23)37(27(21)38)18-22-6-3-4-7-25(22)29(30,31)32/h3-4,6-11,16-17,20,33H,12-15,18H2,1H3,(H,34,35,36). The van der Waals surface area contributed by atoms with Gasteiger partial charge in [0.15, 0.2) is 0 Å². The summed E-state index contributed by atoms with van der Waals surface area (Å²) >= 11 is 0.